The van der Waals surface area contributed by atoms with Crippen LogP contribution >= 0.6 is 11.3 Å². The first-order chi connectivity index (χ1) is 15.0. The van der Waals surface area contributed by atoms with E-state index in [1.165, 1.54) is 11.3 Å². The number of fused-ring (bicyclic) bond motifs is 1. The lowest BCUT2D eigenvalue weighted by atomic mass is 10.0. The Hall–Kier alpha value is -3.16. The minimum absolute atomic E-state index is 0.287. The molecule has 2 heterocycles. The topological polar surface area (TPSA) is 67.9 Å². The molecule has 0 radical (unpaired) electrons. The van der Waals surface area contributed by atoms with E-state index in [2.05, 4.69) is 10.2 Å². The number of likely N-dealkylation sites (N-methyl/N-ethyl adjacent to an activating group) is 1. The quantitative estimate of drug-likeness (QED) is 0.554. The van der Waals surface area contributed by atoms with E-state index in [0.717, 1.165) is 30.0 Å². The van der Waals surface area contributed by atoms with Crippen molar-refractivity contribution in [1.82, 2.24) is 4.90 Å². The Bertz CT molecular complexity index is 1090. The zero-order chi connectivity index (χ0) is 21.8. The summed E-state index contributed by atoms with van der Waals surface area (Å²) in [5.41, 5.74) is 1.92. The Morgan fingerprint density at radius 3 is 2.65 bits per heavy atom. The van der Waals surface area contributed by atoms with Gasteiger partial charge in [-0.1, -0.05) is 24.3 Å². The number of hydrogen-bond donors (Lipinski definition) is 1. The van der Waals surface area contributed by atoms with E-state index in [1.807, 2.05) is 37.4 Å². The van der Waals surface area contributed by atoms with E-state index >= 15 is 0 Å². The van der Waals surface area contributed by atoms with Crippen LogP contribution in [0.5, 0.6) is 11.5 Å². The van der Waals surface area contributed by atoms with Gasteiger partial charge in [-0.15, -0.1) is 11.3 Å². The second-order valence-corrected chi connectivity index (χ2v) is 8.42. The number of ether oxygens (including phenoxy) is 2. The molecule has 0 aliphatic carbocycles. The number of anilines is 1. The molecule has 2 aromatic carbocycles. The van der Waals surface area contributed by atoms with Crippen LogP contribution in [0.2, 0.25) is 0 Å². The van der Waals surface area contributed by atoms with Gasteiger partial charge < -0.3 is 19.7 Å². The number of hydrogen-bond acceptors (Lipinski definition) is 6. The van der Waals surface area contributed by atoms with E-state index in [0.29, 0.717) is 27.6 Å². The molecular weight excluding hydrogens is 412 g/mol. The van der Waals surface area contributed by atoms with Gasteiger partial charge in [0.2, 0.25) is 0 Å². The zero-order valence-corrected chi connectivity index (χ0v) is 18.3. The summed E-state index contributed by atoms with van der Waals surface area (Å²) in [5.74, 6) is 0.577. The maximum Gasteiger partial charge on any atom is 0.341 e. The number of rotatable bonds is 6. The third-order valence-electron chi connectivity index (χ3n) is 5.03. The normalized spacial score (nSPS) is 13.4. The van der Waals surface area contributed by atoms with Crippen molar-refractivity contribution < 1.29 is 19.1 Å². The SMILES string of the molecule is CCOC(=O)c1c(NC(=O)c2cccc(Oc3ccccc3)c2)sc2c1CCN(C)C2. The highest BCUT2D eigenvalue weighted by Gasteiger charge is 2.28. The predicted octanol–water partition coefficient (Wildman–Crippen LogP) is 4.96. The van der Waals surface area contributed by atoms with Gasteiger partial charge in [-0.25, -0.2) is 4.79 Å². The average molecular weight is 437 g/mol. The van der Waals surface area contributed by atoms with Crippen molar-refractivity contribution in [2.75, 3.05) is 25.5 Å². The number of nitrogens with one attached hydrogen (secondary N) is 1. The number of amides is 1. The molecule has 1 N–H and O–H groups in total. The third-order valence-corrected chi connectivity index (χ3v) is 6.16. The van der Waals surface area contributed by atoms with Crippen LogP contribution in [-0.2, 0) is 17.7 Å². The van der Waals surface area contributed by atoms with Gasteiger partial charge in [-0.3, -0.25) is 4.79 Å². The predicted molar refractivity (Wildman–Crippen MR) is 121 cm³/mol. The van der Waals surface area contributed by atoms with Gasteiger partial charge >= 0.3 is 5.97 Å². The van der Waals surface area contributed by atoms with E-state index in [-0.39, 0.29) is 18.5 Å². The first kappa shape index (κ1) is 21.1. The molecule has 7 heteroatoms. The van der Waals surface area contributed by atoms with Crippen molar-refractivity contribution in [3.8, 4) is 11.5 Å². The standard InChI is InChI=1S/C24H24N2O4S/c1-3-29-24(28)21-19-12-13-26(2)15-20(19)31-23(21)25-22(27)16-8-7-11-18(14-16)30-17-9-5-4-6-10-17/h4-11,14H,3,12-13,15H2,1-2H3,(H,25,27). The summed E-state index contributed by atoms with van der Waals surface area (Å²) < 4.78 is 11.1. The molecule has 3 aromatic rings. The van der Waals surface area contributed by atoms with Gasteiger partial charge in [0.05, 0.1) is 12.2 Å². The van der Waals surface area contributed by atoms with E-state index in [4.69, 9.17) is 9.47 Å². The van der Waals surface area contributed by atoms with E-state index in [1.54, 1.807) is 31.2 Å². The second kappa shape index (κ2) is 9.32. The summed E-state index contributed by atoms with van der Waals surface area (Å²) >= 11 is 1.44. The summed E-state index contributed by atoms with van der Waals surface area (Å²) in [6, 6.07) is 16.4. The van der Waals surface area contributed by atoms with Crippen LogP contribution in [0.25, 0.3) is 0 Å². The van der Waals surface area contributed by atoms with Gasteiger partial charge in [0, 0.05) is 23.5 Å². The van der Waals surface area contributed by atoms with Crippen molar-refractivity contribution >= 4 is 28.2 Å². The van der Waals surface area contributed by atoms with Gasteiger partial charge in [0.15, 0.2) is 0 Å². The van der Waals surface area contributed by atoms with Gasteiger partial charge in [-0.05, 0) is 56.3 Å². The number of esters is 1. The fourth-order valence-electron chi connectivity index (χ4n) is 3.54. The highest BCUT2D eigenvalue weighted by atomic mass is 32.1. The van der Waals surface area contributed by atoms with Crippen molar-refractivity contribution in [3.63, 3.8) is 0 Å². The molecule has 0 spiro atoms. The van der Waals surface area contributed by atoms with Crippen molar-refractivity contribution in [1.29, 1.82) is 0 Å². The minimum atomic E-state index is -0.388. The Kier molecular flexibility index (Phi) is 6.34. The molecule has 1 amide bonds. The van der Waals surface area contributed by atoms with Crippen LogP contribution < -0.4 is 10.1 Å². The molecule has 31 heavy (non-hydrogen) atoms. The monoisotopic (exact) mass is 436 g/mol. The molecule has 160 valence electrons. The Labute approximate surface area is 185 Å². The molecular formula is C24H24N2O4S. The number of para-hydroxylation sites is 1. The fraction of sp³-hybridized carbons (Fsp3) is 0.250. The summed E-state index contributed by atoms with van der Waals surface area (Å²) in [5, 5.41) is 3.47. The Morgan fingerprint density at radius 1 is 1.10 bits per heavy atom. The Balaban J connectivity index is 1.58. The average Bonchev–Trinajstić information content (AvgIpc) is 3.11. The van der Waals surface area contributed by atoms with Crippen LogP contribution in [0.3, 0.4) is 0 Å². The first-order valence-electron chi connectivity index (χ1n) is 10.2. The highest BCUT2D eigenvalue weighted by molar-refractivity contribution is 7.17. The van der Waals surface area contributed by atoms with Crippen LogP contribution in [0.1, 0.15) is 38.1 Å². The molecule has 0 unspecified atom stereocenters. The van der Waals surface area contributed by atoms with E-state index in [9.17, 15) is 9.59 Å². The van der Waals surface area contributed by atoms with Crippen LogP contribution in [0.4, 0.5) is 5.00 Å². The van der Waals surface area contributed by atoms with Crippen molar-refractivity contribution in [2.24, 2.45) is 0 Å². The van der Waals surface area contributed by atoms with E-state index < -0.39 is 0 Å². The van der Waals surface area contributed by atoms with Crippen molar-refractivity contribution in [2.45, 2.75) is 19.9 Å². The molecule has 1 aliphatic rings. The lowest BCUT2D eigenvalue weighted by Gasteiger charge is -2.22. The highest BCUT2D eigenvalue weighted by Crippen LogP contribution is 2.37. The smallest absolute Gasteiger partial charge is 0.341 e. The molecule has 0 fully saturated rings. The first-order valence-corrected chi connectivity index (χ1v) is 11.0. The molecule has 0 atom stereocenters. The second-order valence-electron chi connectivity index (χ2n) is 7.31. The maximum atomic E-state index is 13.0. The van der Waals surface area contributed by atoms with Gasteiger partial charge in [0.25, 0.3) is 5.91 Å². The number of nitrogens with zero attached hydrogens (tertiary/aromatic N) is 1. The zero-order valence-electron chi connectivity index (χ0n) is 17.5. The number of carbonyl (C=O) groups excluding carboxylic acids is 2. The molecule has 0 saturated carbocycles. The van der Waals surface area contributed by atoms with Gasteiger partial charge in [-0.2, -0.15) is 0 Å². The van der Waals surface area contributed by atoms with Crippen LogP contribution in [0, 0.1) is 0 Å². The molecule has 0 bridgehead atoms. The summed E-state index contributed by atoms with van der Waals surface area (Å²) in [7, 11) is 2.04. The summed E-state index contributed by atoms with van der Waals surface area (Å²) in [6.07, 6.45) is 0.757. The lowest BCUT2D eigenvalue weighted by molar-refractivity contribution is 0.0526. The van der Waals surface area contributed by atoms with Gasteiger partial charge in [0.1, 0.15) is 16.5 Å². The van der Waals surface area contributed by atoms with Crippen molar-refractivity contribution in [3.05, 3.63) is 76.2 Å². The number of thiophene rings is 1. The largest absolute Gasteiger partial charge is 0.462 e. The molecule has 6 nitrogen and oxygen atoms in total. The fourth-order valence-corrected chi connectivity index (χ4v) is 4.85. The summed E-state index contributed by atoms with van der Waals surface area (Å²) in [6.45, 7) is 3.68. The Morgan fingerprint density at radius 2 is 1.87 bits per heavy atom. The van der Waals surface area contributed by atoms with Crippen LogP contribution in [-0.4, -0.2) is 37.0 Å². The number of benzene rings is 2. The minimum Gasteiger partial charge on any atom is -0.462 e. The molecule has 4 rings (SSSR count). The lowest BCUT2D eigenvalue weighted by Crippen LogP contribution is -2.26. The maximum absolute atomic E-state index is 13.0. The third kappa shape index (κ3) is 4.78. The molecule has 1 aliphatic heterocycles. The molecule has 1 aromatic heterocycles. The number of carbonyl (C=O) groups is 2. The summed E-state index contributed by atoms with van der Waals surface area (Å²) in [4.78, 5) is 29.0. The molecule has 0 saturated heterocycles. The van der Waals surface area contributed by atoms with Crippen LogP contribution in [0.15, 0.2) is 54.6 Å².